The van der Waals surface area contributed by atoms with Crippen molar-refractivity contribution in [3.05, 3.63) is 90.9 Å². The number of aliphatic hydroxyl groups is 1. The molecule has 4 atom stereocenters. The molecular formula is C48H57N9O6Si. The number of carbonyl (C=O) groups excluding carboxylic acids is 4. The Labute approximate surface area is 373 Å². The van der Waals surface area contributed by atoms with Crippen LogP contribution in [0.25, 0.3) is 55.3 Å². The summed E-state index contributed by atoms with van der Waals surface area (Å²) in [6, 6.07) is 19.7. The summed E-state index contributed by atoms with van der Waals surface area (Å²) in [5.41, 5.74) is 7.52. The predicted octanol–water partition coefficient (Wildman–Crippen LogP) is 7.14. The number of nitrogens with one attached hydrogen (secondary N) is 4. The summed E-state index contributed by atoms with van der Waals surface area (Å²) in [6.07, 6.45) is 6.99. The predicted molar refractivity (Wildman–Crippen MR) is 248 cm³/mol. The smallest absolute Gasteiger partial charge is 0.407 e. The lowest BCUT2D eigenvalue weighted by Crippen LogP contribution is -2.52. The number of aliphatic hydroxyl groups excluding tert-OH is 1. The van der Waals surface area contributed by atoms with E-state index < -0.39 is 38.8 Å². The minimum Gasteiger partial charge on any atom is -0.453 e. The van der Waals surface area contributed by atoms with E-state index in [0.717, 1.165) is 74.2 Å². The second kappa shape index (κ2) is 18.0. The number of hydrogen-bond acceptors (Lipinski definition) is 9. The first-order valence-electron chi connectivity index (χ1n) is 22.0. The number of benzene rings is 3. The first-order chi connectivity index (χ1) is 30.7. The Bertz CT molecular complexity index is 2710. The summed E-state index contributed by atoms with van der Waals surface area (Å²) < 4.78 is 4.85. The number of nitrogens with zero attached hydrogens (tertiary/aromatic N) is 5. The third-order valence-corrected chi connectivity index (χ3v) is 15.4. The average molecular weight is 884 g/mol. The molecular weight excluding hydrogens is 827 g/mol. The Morgan fingerprint density at radius 2 is 1.53 bits per heavy atom. The number of methoxy groups -OCH3 is 1. The molecule has 2 aliphatic rings. The van der Waals surface area contributed by atoms with E-state index in [0.29, 0.717) is 24.4 Å². The van der Waals surface area contributed by atoms with Crippen LogP contribution in [0.15, 0.2) is 79.3 Å². The van der Waals surface area contributed by atoms with Crippen LogP contribution in [0.3, 0.4) is 0 Å². The summed E-state index contributed by atoms with van der Waals surface area (Å²) in [6.45, 7) is 12.0. The average Bonchev–Trinajstić information content (AvgIpc) is 4.12. The summed E-state index contributed by atoms with van der Waals surface area (Å²) in [7, 11) is -0.525. The van der Waals surface area contributed by atoms with Crippen LogP contribution in [0.2, 0.25) is 19.1 Å². The fourth-order valence-corrected chi connectivity index (χ4v) is 12.3. The number of rotatable bonds is 12. The lowest BCUT2D eigenvalue weighted by molar-refractivity contribution is -0.139. The number of ether oxygens (including phenoxy) is 1. The lowest BCUT2D eigenvalue weighted by Gasteiger charge is -2.30. The van der Waals surface area contributed by atoms with Crippen LogP contribution in [0.1, 0.15) is 64.3 Å². The molecule has 0 bridgehead atoms. The van der Waals surface area contributed by atoms with Crippen molar-refractivity contribution in [2.45, 2.75) is 83.8 Å². The molecule has 0 radical (unpaired) electrons. The molecule has 8 rings (SSSR count). The van der Waals surface area contributed by atoms with E-state index in [1.54, 1.807) is 17.3 Å². The van der Waals surface area contributed by atoms with Gasteiger partial charge in [-0.15, -0.1) is 0 Å². The van der Waals surface area contributed by atoms with Crippen LogP contribution in [0.4, 0.5) is 4.79 Å². The topological polar surface area (TPSA) is 199 Å². The van der Waals surface area contributed by atoms with Gasteiger partial charge in [0.15, 0.2) is 0 Å². The minimum atomic E-state index is -1.82. The molecule has 0 unspecified atom stereocenters. The van der Waals surface area contributed by atoms with Crippen LogP contribution >= 0.6 is 0 Å². The Kier molecular flexibility index (Phi) is 12.4. The fraction of sp³-hybridized carbons (Fsp3) is 0.396. The highest BCUT2D eigenvalue weighted by Crippen LogP contribution is 2.41. The van der Waals surface area contributed by atoms with E-state index in [4.69, 9.17) is 14.7 Å². The number of carbonyl (C=O) groups is 4. The van der Waals surface area contributed by atoms with E-state index >= 15 is 0 Å². The van der Waals surface area contributed by atoms with Gasteiger partial charge in [0.1, 0.15) is 30.3 Å². The Balaban J connectivity index is 1.09. The van der Waals surface area contributed by atoms with Gasteiger partial charge in [0.2, 0.25) is 17.7 Å². The quantitative estimate of drug-likeness (QED) is 0.0793. The zero-order valence-electron chi connectivity index (χ0n) is 37.4. The van der Waals surface area contributed by atoms with Gasteiger partial charge in [0, 0.05) is 36.1 Å². The highest BCUT2D eigenvalue weighted by molar-refractivity contribution is 6.78. The maximum Gasteiger partial charge on any atom is 0.407 e. The first-order valence-corrected chi connectivity index (χ1v) is 25.5. The van der Waals surface area contributed by atoms with Crippen molar-refractivity contribution in [2.75, 3.05) is 26.4 Å². The molecule has 16 heteroatoms. The number of aromatic amines is 2. The van der Waals surface area contributed by atoms with E-state index in [1.165, 1.54) is 7.11 Å². The molecule has 3 aromatic carbocycles. The molecule has 5 N–H and O–H groups in total. The Morgan fingerprint density at radius 1 is 0.828 bits per heavy atom. The molecule has 2 aliphatic heterocycles. The lowest BCUT2D eigenvalue weighted by atomic mass is 9.93. The second-order valence-electron chi connectivity index (χ2n) is 18.5. The van der Waals surface area contributed by atoms with Gasteiger partial charge in [0.25, 0.3) is 0 Å². The zero-order valence-corrected chi connectivity index (χ0v) is 38.4. The molecule has 0 saturated carbocycles. The number of imidazole rings is 2. The normalized spacial score (nSPS) is 18.2. The number of pyridine rings is 1. The molecule has 3 aromatic heterocycles. The number of likely N-dealkylation sites (tertiary alicyclic amines) is 1. The van der Waals surface area contributed by atoms with Crippen molar-refractivity contribution in [3.8, 4) is 33.5 Å². The minimum absolute atomic E-state index is 0.136. The van der Waals surface area contributed by atoms with Gasteiger partial charge in [-0.05, 0) is 88.7 Å². The highest BCUT2D eigenvalue weighted by atomic mass is 28.3. The SMILES string of the molecule is COC(=O)N[C@H](C(=O)N1C[Si](C)(C)C[C@H]1c1ncc(-c2ccc(-c3ccc4c(ccc5nc([C@@H]6CCCN6C(=O)[C@@H](NC(=O)CO)C(C)C)[nH]c54)c3)cc2-c2ccncc2)[nH]1)C(C)C. The Morgan fingerprint density at radius 3 is 2.25 bits per heavy atom. The molecule has 0 spiro atoms. The molecule has 15 nitrogen and oxygen atoms in total. The third kappa shape index (κ3) is 8.76. The van der Waals surface area contributed by atoms with Crippen LogP contribution in [0.5, 0.6) is 0 Å². The van der Waals surface area contributed by atoms with Crippen molar-refractivity contribution in [1.82, 2.24) is 45.4 Å². The molecule has 5 heterocycles. The van der Waals surface area contributed by atoms with Crippen molar-refractivity contribution >= 4 is 53.7 Å². The zero-order chi connectivity index (χ0) is 45.4. The summed E-state index contributed by atoms with van der Waals surface area (Å²) in [5.74, 6) is 0.243. The van der Waals surface area contributed by atoms with Crippen molar-refractivity contribution < 1.29 is 29.0 Å². The number of amides is 4. The number of alkyl carbamates (subject to hydrolysis) is 1. The van der Waals surface area contributed by atoms with E-state index in [9.17, 15) is 24.3 Å². The number of aromatic nitrogens is 5. The Hall–Kier alpha value is -6.39. The van der Waals surface area contributed by atoms with Gasteiger partial charge in [-0.1, -0.05) is 71.1 Å². The number of fused-ring (bicyclic) bond motifs is 3. The van der Waals surface area contributed by atoms with Crippen molar-refractivity contribution in [2.24, 2.45) is 11.8 Å². The van der Waals surface area contributed by atoms with Crippen molar-refractivity contribution in [3.63, 3.8) is 0 Å². The van der Waals surface area contributed by atoms with Crippen LogP contribution in [-0.4, -0.2) is 110 Å². The fourth-order valence-electron chi connectivity index (χ4n) is 9.39. The maximum absolute atomic E-state index is 14.1. The number of hydrogen-bond donors (Lipinski definition) is 5. The third-order valence-electron chi connectivity index (χ3n) is 12.7. The molecule has 4 amide bonds. The van der Waals surface area contributed by atoms with Crippen molar-refractivity contribution in [1.29, 1.82) is 0 Å². The molecule has 0 aliphatic carbocycles. The summed E-state index contributed by atoms with van der Waals surface area (Å²) in [4.78, 5) is 77.2. The van der Waals surface area contributed by atoms with Crippen LogP contribution < -0.4 is 10.6 Å². The summed E-state index contributed by atoms with van der Waals surface area (Å²) in [5, 5.41) is 16.8. The highest BCUT2D eigenvalue weighted by Gasteiger charge is 2.46. The second-order valence-corrected chi connectivity index (χ2v) is 23.6. The first kappa shape index (κ1) is 44.2. The number of H-pyrrole nitrogens is 2. The van der Waals surface area contributed by atoms with Gasteiger partial charge in [-0.25, -0.2) is 14.8 Å². The van der Waals surface area contributed by atoms with Crippen LogP contribution in [-0.2, 0) is 19.1 Å². The van der Waals surface area contributed by atoms with Gasteiger partial charge in [-0.2, -0.15) is 0 Å². The van der Waals surface area contributed by atoms with E-state index in [-0.39, 0.29) is 35.7 Å². The monoisotopic (exact) mass is 883 g/mol. The largest absolute Gasteiger partial charge is 0.453 e. The van der Waals surface area contributed by atoms with Gasteiger partial charge in [0.05, 0.1) is 50.2 Å². The van der Waals surface area contributed by atoms with Gasteiger partial charge < -0.3 is 40.2 Å². The molecule has 2 saturated heterocycles. The van der Waals surface area contributed by atoms with E-state index in [2.05, 4.69) is 81.1 Å². The van der Waals surface area contributed by atoms with Gasteiger partial charge in [-0.3, -0.25) is 19.4 Å². The van der Waals surface area contributed by atoms with Crippen LogP contribution in [0, 0.1) is 11.8 Å². The standard InChI is InChI=1S/C48H57N9O6Si/c1-27(2)41(53-40(59)24-58)46(60)56-20-8-9-38(56)45-51-36-15-12-32-21-30(10-13-33(32)43(36)54-45)31-11-14-34(35(22-31)29-16-18-49-19-17-29)37-23-50-44(52-37)39-25-64(6,7)26-57(39)47(61)42(28(3)4)55-48(62)63-5/h10-19,21-23,27-28,38-39,41-42,58H,8-9,20,24-26H2,1-7H3,(H,50,52)(H,51,54)(H,53,59)(H,55,62)/t38-,39-,41-,42-/m0/s1. The van der Waals surface area contributed by atoms with Gasteiger partial charge >= 0.3 is 6.09 Å². The summed E-state index contributed by atoms with van der Waals surface area (Å²) >= 11 is 0. The molecule has 334 valence electrons. The maximum atomic E-state index is 14.1. The molecule has 2 fully saturated rings. The molecule has 64 heavy (non-hydrogen) atoms. The molecule has 6 aromatic rings. The van der Waals surface area contributed by atoms with E-state index in [1.807, 2.05) is 57.0 Å².